The number of aryl methyl sites for hydroxylation is 1. The monoisotopic (exact) mass is 581 g/mol. The minimum atomic E-state index is -4.67. The van der Waals surface area contributed by atoms with Crippen molar-refractivity contribution in [2.75, 3.05) is 31.1 Å². The molecule has 1 amide bonds. The molecule has 5 rings (SSSR count). The molecule has 2 aromatic heterocycles. The second-order valence-corrected chi connectivity index (χ2v) is 9.55. The molecule has 1 aliphatic heterocycles. The third kappa shape index (κ3) is 6.35. The number of ether oxygens (including phenoxy) is 1. The van der Waals surface area contributed by atoms with E-state index in [-0.39, 0.29) is 37.8 Å². The standard InChI is InChI=1S/C29H26F3N5O5/c1-18-22(34-25(42-18)19-6-3-2-4-7-19)11-15-41-21-9-5-8-20(16-21)26(38)37-14-13-36(17-23(37)27(39)40)28-33-12-10-24(35-28)29(30,31)32/h2-10,12,16,23H,11,13-15,17H2,1H3,(H,39,40). The first-order valence-corrected chi connectivity index (χ1v) is 13.0. The Morgan fingerprint density at radius 2 is 1.86 bits per heavy atom. The lowest BCUT2D eigenvalue weighted by molar-refractivity contribution is -0.143. The van der Waals surface area contributed by atoms with E-state index in [1.807, 2.05) is 37.3 Å². The van der Waals surface area contributed by atoms with E-state index >= 15 is 0 Å². The molecule has 1 atom stereocenters. The Kier molecular flexibility index (Phi) is 8.09. The minimum Gasteiger partial charge on any atom is -0.493 e. The summed E-state index contributed by atoms with van der Waals surface area (Å²) < 4.78 is 50.9. The number of carboxylic acid groups (broad SMARTS) is 1. The summed E-state index contributed by atoms with van der Waals surface area (Å²) in [7, 11) is 0. The Labute approximate surface area is 238 Å². The highest BCUT2D eigenvalue weighted by Gasteiger charge is 2.38. The van der Waals surface area contributed by atoms with Crippen LogP contribution >= 0.6 is 0 Å². The van der Waals surface area contributed by atoms with Gasteiger partial charge in [-0.1, -0.05) is 24.3 Å². The Morgan fingerprint density at radius 1 is 1.07 bits per heavy atom. The summed E-state index contributed by atoms with van der Waals surface area (Å²) >= 11 is 0. The molecule has 10 nitrogen and oxygen atoms in total. The molecule has 2 aromatic carbocycles. The van der Waals surface area contributed by atoms with E-state index in [1.165, 1.54) is 15.9 Å². The van der Waals surface area contributed by atoms with Crippen LogP contribution in [0.2, 0.25) is 0 Å². The zero-order valence-corrected chi connectivity index (χ0v) is 22.4. The second-order valence-electron chi connectivity index (χ2n) is 9.55. The Balaban J connectivity index is 1.23. The highest BCUT2D eigenvalue weighted by Crippen LogP contribution is 2.29. The van der Waals surface area contributed by atoms with Crippen molar-refractivity contribution >= 4 is 17.8 Å². The van der Waals surface area contributed by atoms with E-state index in [4.69, 9.17) is 9.15 Å². The van der Waals surface area contributed by atoms with Crippen molar-refractivity contribution in [3.8, 4) is 17.2 Å². The van der Waals surface area contributed by atoms with Crippen molar-refractivity contribution < 1.29 is 37.0 Å². The van der Waals surface area contributed by atoms with Gasteiger partial charge in [-0.05, 0) is 43.3 Å². The van der Waals surface area contributed by atoms with Crippen molar-refractivity contribution in [3.05, 3.63) is 89.6 Å². The zero-order valence-electron chi connectivity index (χ0n) is 22.4. The van der Waals surface area contributed by atoms with Crippen LogP contribution in [0.15, 0.2) is 71.3 Å². The smallest absolute Gasteiger partial charge is 0.433 e. The summed E-state index contributed by atoms with van der Waals surface area (Å²) in [4.78, 5) is 39.9. The molecule has 1 fully saturated rings. The van der Waals surface area contributed by atoms with Crippen LogP contribution in [-0.4, -0.2) is 69.1 Å². The number of carbonyl (C=O) groups is 2. The fourth-order valence-electron chi connectivity index (χ4n) is 4.59. The van der Waals surface area contributed by atoms with Crippen LogP contribution in [0.25, 0.3) is 11.5 Å². The maximum absolute atomic E-state index is 13.4. The molecule has 42 heavy (non-hydrogen) atoms. The molecule has 0 bridgehead atoms. The number of anilines is 1. The SMILES string of the molecule is Cc1oc(-c2ccccc2)nc1CCOc1cccc(C(=O)N2CCN(c3nccc(C(F)(F)F)n3)CC2C(=O)O)c1. The highest BCUT2D eigenvalue weighted by molar-refractivity contribution is 5.97. The molecule has 4 aromatic rings. The number of nitrogens with zero attached hydrogens (tertiary/aromatic N) is 5. The number of carbonyl (C=O) groups excluding carboxylic acids is 1. The Bertz CT molecular complexity index is 1580. The van der Waals surface area contributed by atoms with Crippen LogP contribution in [0.4, 0.5) is 19.1 Å². The molecule has 1 aliphatic rings. The molecule has 0 saturated carbocycles. The van der Waals surface area contributed by atoms with E-state index < -0.39 is 29.8 Å². The highest BCUT2D eigenvalue weighted by atomic mass is 19.4. The van der Waals surface area contributed by atoms with Gasteiger partial charge in [-0.2, -0.15) is 13.2 Å². The summed E-state index contributed by atoms with van der Waals surface area (Å²) in [5.41, 5.74) is 0.686. The third-order valence-electron chi connectivity index (χ3n) is 6.74. The lowest BCUT2D eigenvalue weighted by atomic mass is 10.1. The van der Waals surface area contributed by atoms with Crippen molar-refractivity contribution in [1.29, 1.82) is 0 Å². The van der Waals surface area contributed by atoms with Crippen LogP contribution in [-0.2, 0) is 17.4 Å². The first-order chi connectivity index (χ1) is 20.1. The van der Waals surface area contributed by atoms with E-state index in [1.54, 1.807) is 18.2 Å². The van der Waals surface area contributed by atoms with Crippen molar-refractivity contribution in [2.45, 2.75) is 25.6 Å². The summed E-state index contributed by atoms with van der Waals surface area (Å²) in [6.07, 6.45) is -3.25. The zero-order chi connectivity index (χ0) is 29.9. The number of aromatic nitrogens is 3. The van der Waals surface area contributed by atoms with Gasteiger partial charge in [-0.25, -0.2) is 19.7 Å². The van der Waals surface area contributed by atoms with E-state index in [9.17, 15) is 27.9 Å². The van der Waals surface area contributed by atoms with Crippen molar-refractivity contribution in [1.82, 2.24) is 19.9 Å². The lowest BCUT2D eigenvalue weighted by Gasteiger charge is -2.39. The van der Waals surface area contributed by atoms with Crippen LogP contribution in [0.1, 0.15) is 27.5 Å². The number of benzene rings is 2. The van der Waals surface area contributed by atoms with Gasteiger partial charge in [0.05, 0.1) is 18.8 Å². The van der Waals surface area contributed by atoms with Gasteiger partial charge in [-0.15, -0.1) is 0 Å². The number of hydrogen-bond acceptors (Lipinski definition) is 8. The van der Waals surface area contributed by atoms with Crippen molar-refractivity contribution in [2.24, 2.45) is 0 Å². The fraction of sp³-hybridized carbons (Fsp3) is 0.276. The summed E-state index contributed by atoms with van der Waals surface area (Å²) in [5.74, 6) is -0.494. The average molecular weight is 582 g/mol. The van der Waals surface area contributed by atoms with E-state index in [0.717, 1.165) is 23.5 Å². The Morgan fingerprint density at radius 3 is 2.60 bits per heavy atom. The van der Waals surface area contributed by atoms with Gasteiger partial charge < -0.3 is 24.1 Å². The number of hydrogen-bond donors (Lipinski definition) is 1. The van der Waals surface area contributed by atoms with Gasteiger partial charge in [-0.3, -0.25) is 4.79 Å². The van der Waals surface area contributed by atoms with Crippen LogP contribution in [0.3, 0.4) is 0 Å². The number of amides is 1. The fourth-order valence-corrected chi connectivity index (χ4v) is 4.59. The maximum Gasteiger partial charge on any atom is 0.433 e. The lowest BCUT2D eigenvalue weighted by Crippen LogP contribution is -2.58. The molecular weight excluding hydrogens is 555 g/mol. The van der Waals surface area contributed by atoms with E-state index in [2.05, 4.69) is 15.0 Å². The first-order valence-electron chi connectivity index (χ1n) is 13.0. The van der Waals surface area contributed by atoms with Gasteiger partial charge in [0.15, 0.2) is 0 Å². The third-order valence-corrected chi connectivity index (χ3v) is 6.74. The number of oxazole rings is 1. The molecule has 13 heteroatoms. The predicted octanol–water partition coefficient (Wildman–Crippen LogP) is 4.50. The van der Waals surface area contributed by atoms with Crippen LogP contribution in [0, 0.1) is 6.92 Å². The first kappa shape index (κ1) is 28.6. The van der Waals surface area contributed by atoms with Gasteiger partial charge in [0.1, 0.15) is 23.2 Å². The quantitative estimate of drug-likeness (QED) is 0.321. The van der Waals surface area contributed by atoms with Crippen molar-refractivity contribution in [3.63, 3.8) is 0 Å². The van der Waals surface area contributed by atoms with Gasteiger partial charge >= 0.3 is 12.1 Å². The largest absolute Gasteiger partial charge is 0.493 e. The number of halogens is 3. The molecule has 0 radical (unpaired) electrons. The average Bonchev–Trinajstić information content (AvgIpc) is 3.37. The topological polar surface area (TPSA) is 122 Å². The summed E-state index contributed by atoms with van der Waals surface area (Å²) in [6.45, 7) is 1.80. The van der Waals surface area contributed by atoms with Gasteiger partial charge in [0.2, 0.25) is 11.8 Å². The van der Waals surface area contributed by atoms with E-state index in [0.29, 0.717) is 23.8 Å². The predicted molar refractivity (Wildman–Crippen MR) is 144 cm³/mol. The number of rotatable bonds is 8. The van der Waals surface area contributed by atoms with Gasteiger partial charge in [0, 0.05) is 36.8 Å². The van der Waals surface area contributed by atoms with Crippen LogP contribution < -0.4 is 9.64 Å². The molecule has 1 N–H and O–H groups in total. The number of aliphatic carboxylic acids is 1. The molecule has 3 heterocycles. The normalized spacial score (nSPS) is 15.5. The Hall–Kier alpha value is -4.94. The molecule has 0 spiro atoms. The second kappa shape index (κ2) is 11.9. The number of carboxylic acids is 1. The summed E-state index contributed by atoms with van der Waals surface area (Å²) in [6, 6.07) is 15.3. The molecule has 1 saturated heterocycles. The number of piperazine rings is 1. The van der Waals surface area contributed by atoms with Crippen LogP contribution in [0.5, 0.6) is 5.75 Å². The molecule has 0 aliphatic carbocycles. The van der Waals surface area contributed by atoms with Gasteiger partial charge in [0.25, 0.3) is 5.91 Å². The number of alkyl halides is 3. The molecule has 218 valence electrons. The maximum atomic E-state index is 13.4. The molecule has 1 unspecified atom stereocenters. The minimum absolute atomic E-state index is 0.0506. The summed E-state index contributed by atoms with van der Waals surface area (Å²) in [5, 5.41) is 9.85. The molecular formula is C29H26F3N5O5.